The van der Waals surface area contributed by atoms with Crippen LogP contribution in [0.2, 0.25) is 0 Å². The normalized spacial score (nSPS) is 11.9. The maximum Gasteiger partial charge on any atom is 0.303 e. The van der Waals surface area contributed by atoms with Crippen molar-refractivity contribution in [1.82, 2.24) is 10.6 Å². The molecule has 0 aliphatic carbocycles. The van der Waals surface area contributed by atoms with Crippen LogP contribution in [0, 0.1) is 0 Å². The molecule has 0 spiro atoms. The number of rotatable bonds is 17. The van der Waals surface area contributed by atoms with Crippen molar-refractivity contribution in [2.75, 3.05) is 18.4 Å². The summed E-state index contributed by atoms with van der Waals surface area (Å²) in [5.74, 6) is -1.12. The predicted molar refractivity (Wildman–Crippen MR) is 185 cm³/mol. The van der Waals surface area contributed by atoms with Gasteiger partial charge in [0.25, 0.3) is 5.91 Å². The second-order valence-corrected chi connectivity index (χ2v) is 12.2. The summed E-state index contributed by atoms with van der Waals surface area (Å²) in [7, 11) is 0. The van der Waals surface area contributed by atoms with E-state index in [4.69, 9.17) is 10.8 Å². The molecular formula is C36H46N6O6. The molecule has 1 unspecified atom stereocenters. The van der Waals surface area contributed by atoms with Gasteiger partial charge in [0.1, 0.15) is 5.75 Å². The van der Waals surface area contributed by atoms with Crippen molar-refractivity contribution in [1.29, 1.82) is 0 Å². The number of phenolic OH excluding ortho intramolecular Hbond substituents is 1. The molecule has 3 aromatic rings. The summed E-state index contributed by atoms with van der Waals surface area (Å²) in [5.41, 5.74) is 10.8. The first kappa shape index (κ1) is 37.4. The summed E-state index contributed by atoms with van der Waals surface area (Å²) in [5, 5.41) is 35.9. The molecule has 7 N–H and O–H groups in total. The van der Waals surface area contributed by atoms with Crippen molar-refractivity contribution in [2.45, 2.75) is 77.7 Å². The van der Waals surface area contributed by atoms with Gasteiger partial charge < -0.3 is 31.9 Å². The van der Waals surface area contributed by atoms with Gasteiger partial charge in [-0.1, -0.05) is 39.8 Å². The quantitative estimate of drug-likeness (QED) is 0.0749. The van der Waals surface area contributed by atoms with Crippen LogP contribution in [0.4, 0.5) is 17.1 Å². The van der Waals surface area contributed by atoms with Gasteiger partial charge in [-0.25, -0.2) is 0 Å². The number of carbonyl (C=O) groups is 4. The molecule has 0 heterocycles. The van der Waals surface area contributed by atoms with E-state index < -0.39 is 17.9 Å². The number of nitrogens with one attached hydrogen (secondary N) is 3. The van der Waals surface area contributed by atoms with Crippen molar-refractivity contribution < 1.29 is 29.4 Å². The number of phenols is 1. The van der Waals surface area contributed by atoms with Crippen LogP contribution in [0.15, 0.2) is 70.9 Å². The number of benzene rings is 3. The first-order valence-electron chi connectivity index (χ1n) is 16.1. The molecule has 3 amide bonds. The second kappa shape index (κ2) is 18.3. The van der Waals surface area contributed by atoms with Crippen LogP contribution < -0.4 is 21.7 Å². The molecular weight excluding hydrogens is 612 g/mol. The fourth-order valence-corrected chi connectivity index (χ4v) is 4.86. The zero-order chi connectivity index (χ0) is 35.2. The minimum atomic E-state index is -1.02. The zero-order valence-electron chi connectivity index (χ0n) is 28.0. The highest BCUT2D eigenvalue weighted by Gasteiger charge is 2.16. The van der Waals surface area contributed by atoms with Crippen LogP contribution in [0.3, 0.4) is 0 Å². The van der Waals surface area contributed by atoms with Gasteiger partial charge in [-0.3, -0.25) is 19.2 Å². The Hall–Kier alpha value is -5.10. The summed E-state index contributed by atoms with van der Waals surface area (Å²) in [6.45, 7) is 8.58. The van der Waals surface area contributed by atoms with E-state index in [-0.39, 0.29) is 49.6 Å². The Labute approximate surface area is 281 Å². The standard InChI is InChI=1S/C36H46N6O6/c1-22(2)29-20-24(21-30(23(3)4)34(29)46)6-5-7-32(43)40-26-12-14-28(15-13-26)42-41-27-10-8-25(9-11-27)35(47)38-18-19-39-36(48)31(37)16-17-33(44)45/h8-15,20-23,31,46H,5-7,16-19,37H2,1-4H3,(H,38,47)(H,39,48)(H,40,43)(H,44,45). The van der Waals surface area contributed by atoms with E-state index in [1.54, 1.807) is 48.5 Å². The van der Waals surface area contributed by atoms with Gasteiger partial charge >= 0.3 is 5.97 Å². The number of aryl methyl sites for hydroxylation is 1. The van der Waals surface area contributed by atoms with Crippen LogP contribution in [-0.4, -0.2) is 53.0 Å². The molecule has 1 atom stereocenters. The fourth-order valence-electron chi connectivity index (χ4n) is 4.86. The number of carboxylic acid groups (broad SMARTS) is 1. The zero-order valence-corrected chi connectivity index (χ0v) is 28.0. The van der Waals surface area contributed by atoms with Crippen LogP contribution in [0.5, 0.6) is 5.75 Å². The van der Waals surface area contributed by atoms with Crippen LogP contribution in [0.25, 0.3) is 0 Å². The number of nitrogens with two attached hydrogens (primary N) is 1. The Morgan fingerprint density at radius 3 is 1.88 bits per heavy atom. The number of aromatic hydroxyl groups is 1. The molecule has 0 radical (unpaired) electrons. The number of nitrogens with zero attached hydrogens (tertiary/aromatic N) is 2. The fraction of sp³-hybridized carbons (Fsp3) is 0.389. The average Bonchev–Trinajstić information content (AvgIpc) is 3.05. The molecule has 0 saturated heterocycles. The van der Waals surface area contributed by atoms with Gasteiger partial charge in [0, 0.05) is 37.2 Å². The first-order chi connectivity index (χ1) is 22.8. The molecule has 0 saturated carbocycles. The minimum absolute atomic E-state index is 0.0320. The van der Waals surface area contributed by atoms with E-state index >= 15 is 0 Å². The number of anilines is 1. The number of aliphatic carboxylic acids is 1. The van der Waals surface area contributed by atoms with Gasteiger partial charge in [-0.05, 0) is 96.3 Å². The van der Waals surface area contributed by atoms with Crippen LogP contribution >= 0.6 is 0 Å². The maximum absolute atomic E-state index is 12.6. The minimum Gasteiger partial charge on any atom is -0.507 e. The number of azo groups is 1. The molecule has 0 aliphatic rings. The highest BCUT2D eigenvalue weighted by molar-refractivity contribution is 5.94. The molecule has 3 aromatic carbocycles. The largest absolute Gasteiger partial charge is 0.507 e. The maximum atomic E-state index is 12.6. The van der Waals surface area contributed by atoms with E-state index in [1.165, 1.54) is 0 Å². The molecule has 12 heteroatoms. The molecule has 0 aliphatic heterocycles. The monoisotopic (exact) mass is 658 g/mol. The van der Waals surface area contributed by atoms with Crippen LogP contribution in [-0.2, 0) is 20.8 Å². The van der Waals surface area contributed by atoms with E-state index in [9.17, 15) is 24.3 Å². The molecule has 0 fully saturated rings. The summed E-state index contributed by atoms with van der Waals surface area (Å²) < 4.78 is 0. The third kappa shape index (κ3) is 11.9. The van der Waals surface area contributed by atoms with Gasteiger partial charge in [-0.15, -0.1) is 0 Å². The average molecular weight is 659 g/mol. The molecule has 0 aromatic heterocycles. The Balaban J connectivity index is 1.42. The predicted octanol–water partition coefficient (Wildman–Crippen LogP) is 6.05. The number of carbonyl (C=O) groups excluding carboxylic acids is 3. The first-order valence-corrected chi connectivity index (χ1v) is 16.1. The lowest BCUT2D eigenvalue weighted by Crippen LogP contribution is -2.43. The third-order valence-electron chi connectivity index (χ3n) is 7.62. The number of hydrogen-bond acceptors (Lipinski definition) is 8. The highest BCUT2D eigenvalue weighted by atomic mass is 16.4. The van der Waals surface area contributed by atoms with Crippen molar-refractivity contribution in [3.8, 4) is 5.75 Å². The molecule has 12 nitrogen and oxygen atoms in total. The SMILES string of the molecule is CC(C)c1cc(CCCC(=O)Nc2ccc(N=Nc3ccc(C(=O)NCCNC(=O)C(N)CCC(=O)O)cc3)cc2)cc(C(C)C)c1O. The van der Waals surface area contributed by atoms with Gasteiger partial charge in [0.15, 0.2) is 0 Å². The second-order valence-electron chi connectivity index (χ2n) is 12.2. The van der Waals surface area contributed by atoms with Crippen molar-refractivity contribution in [3.05, 3.63) is 82.9 Å². The van der Waals surface area contributed by atoms with E-state index in [0.29, 0.717) is 41.2 Å². The third-order valence-corrected chi connectivity index (χ3v) is 7.62. The number of carboxylic acids is 1. The Bertz CT molecular complexity index is 1560. The van der Waals surface area contributed by atoms with E-state index in [2.05, 4.69) is 53.9 Å². The molecule has 0 bridgehead atoms. The Morgan fingerprint density at radius 2 is 1.33 bits per heavy atom. The summed E-state index contributed by atoms with van der Waals surface area (Å²) in [6.07, 6.45) is 1.63. The highest BCUT2D eigenvalue weighted by Crippen LogP contribution is 2.35. The topological polar surface area (TPSA) is 196 Å². The lowest BCUT2D eigenvalue weighted by Gasteiger charge is -2.17. The summed E-state index contributed by atoms with van der Waals surface area (Å²) >= 11 is 0. The van der Waals surface area contributed by atoms with E-state index in [0.717, 1.165) is 23.1 Å². The molecule has 48 heavy (non-hydrogen) atoms. The van der Waals surface area contributed by atoms with Gasteiger partial charge in [-0.2, -0.15) is 10.2 Å². The lowest BCUT2D eigenvalue weighted by atomic mass is 9.90. The van der Waals surface area contributed by atoms with Crippen molar-refractivity contribution in [2.24, 2.45) is 16.0 Å². The van der Waals surface area contributed by atoms with Crippen LogP contribution in [0.1, 0.15) is 92.3 Å². The molecule has 256 valence electrons. The lowest BCUT2D eigenvalue weighted by molar-refractivity contribution is -0.137. The van der Waals surface area contributed by atoms with Crippen molar-refractivity contribution >= 4 is 40.8 Å². The van der Waals surface area contributed by atoms with Gasteiger partial charge in [0.2, 0.25) is 11.8 Å². The van der Waals surface area contributed by atoms with Gasteiger partial charge in [0.05, 0.1) is 17.4 Å². The van der Waals surface area contributed by atoms with E-state index in [1.807, 2.05) is 12.1 Å². The molecule has 3 rings (SSSR count). The Morgan fingerprint density at radius 1 is 0.792 bits per heavy atom. The number of hydrogen-bond donors (Lipinski definition) is 6. The Kier molecular flexibility index (Phi) is 14.2. The smallest absolute Gasteiger partial charge is 0.303 e. The summed E-state index contributed by atoms with van der Waals surface area (Å²) in [4.78, 5) is 47.5. The number of amides is 3. The van der Waals surface area contributed by atoms with Crippen molar-refractivity contribution in [3.63, 3.8) is 0 Å². The summed E-state index contributed by atoms with van der Waals surface area (Å²) in [6, 6.07) is 16.7.